The Bertz CT molecular complexity index is 652. The molecule has 0 unspecified atom stereocenters. The van der Waals surface area contributed by atoms with Crippen LogP contribution in [-0.2, 0) is 11.2 Å². The number of nitrogens with one attached hydrogen (secondary N) is 1. The molecule has 1 aliphatic rings. The third-order valence-electron chi connectivity index (χ3n) is 4.18. The molecule has 0 heterocycles. The SMILES string of the molecule is COC(=O)Nc1ccc2c(c1)[C@H](c1ccccc1)[C@@H](C)C2. The molecular weight excluding hydrogens is 262 g/mol. The van der Waals surface area contributed by atoms with Crippen molar-refractivity contribution in [3.63, 3.8) is 0 Å². The van der Waals surface area contributed by atoms with Crippen molar-refractivity contribution in [1.82, 2.24) is 0 Å². The first-order valence-electron chi connectivity index (χ1n) is 7.22. The molecule has 21 heavy (non-hydrogen) atoms. The number of hydrogen-bond donors (Lipinski definition) is 1. The van der Waals surface area contributed by atoms with Crippen LogP contribution in [0.2, 0.25) is 0 Å². The summed E-state index contributed by atoms with van der Waals surface area (Å²) in [4.78, 5) is 11.4. The van der Waals surface area contributed by atoms with Crippen molar-refractivity contribution in [3.05, 3.63) is 65.2 Å². The minimum atomic E-state index is -0.433. The predicted octanol–water partition coefficient (Wildman–Crippen LogP) is 4.19. The van der Waals surface area contributed by atoms with Crippen molar-refractivity contribution in [1.29, 1.82) is 0 Å². The van der Waals surface area contributed by atoms with Crippen LogP contribution in [0.4, 0.5) is 10.5 Å². The molecule has 1 amide bonds. The predicted molar refractivity (Wildman–Crippen MR) is 83.6 cm³/mol. The Labute approximate surface area is 124 Å². The lowest BCUT2D eigenvalue weighted by Crippen LogP contribution is -2.11. The number of carbonyl (C=O) groups is 1. The van der Waals surface area contributed by atoms with E-state index in [1.54, 1.807) is 0 Å². The van der Waals surface area contributed by atoms with E-state index in [1.807, 2.05) is 12.1 Å². The Morgan fingerprint density at radius 2 is 1.95 bits per heavy atom. The van der Waals surface area contributed by atoms with Gasteiger partial charge in [-0.25, -0.2) is 4.79 Å². The van der Waals surface area contributed by atoms with Gasteiger partial charge >= 0.3 is 6.09 Å². The fraction of sp³-hybridized carbons (Fsp3) is 0.278. The molecule has 0 radical (unpaired) electrons. The zero-order valence-electron chi connectivity index (χ0n) is 12.3. The maximum absolute atomic E-state index is 11.4. The van der Waals surface area contributed by atoms with Crippen molar-refractivity contribution >= 4 is 11.8 Å². The lowest BCUT2D eigenvalue weighted by Gasteiger charge is -2.18. The van der Waals surface area contributed by atoms with Crippen LogP contribution in [0.25, 0.3) is 0 Å². The van der Waals surface area contributed by atoms with Crippen molar-refractivity contribution in [3.8, 4) is 0 Å². The van der Waals surface area contributed by atoms with E-state index >= 15 is 0 Å². The quantitative estimate of drug-likeness (QED) is 0.896. The fourth-order valence-electron chi connectivity index (χ4n) is 3.26. The second-order valence-electron chi connectivity index (χ2n) is 5.60. The van der Waals surface area contributed by atoms with E-state index < -0.39 is 6.09 Å². The van der Waals surface area contributed by atoms with Gasteiger partial charge in [0, 0.05) is 11.6 Å². The van der Waals surface area contributed by atoms with Gasteiger partial charge < -0.3 is 4.74 Å². The van der Waals surface area contributed by atoms with Gasteiger partial charge in [-0.3, -0.25) is 5.32 Å². The van der Waals surface area contributed by atoms with Crippen molar-refractivity contribution in [2.24, 2.45) is 5.92 Å². The van der Waals surface area contributed by atoms with E-state index in [0.717, 1.165) is 12.1 Å². The zero-order valence-corrected chi connectivity index (χ0v) is 12.3. The molecule has 3 nitrogen and oxygen atoms in total. The lowest BCUT2D eigenvalue weighted by atomic mass is 9.87. The molecule has 0 saturated heterocycles. The van der Waals surface area contributed by atoms with E-state index in [4.69, 9.17) is 0 Å². The summed E-state index contributed by atoms with van der Waals surface area (Å²) >= 11 is 0. The first-order chi connectivity index (χ1) is 10.2. The first kappa shape index (κ1) is 13.7. The fourth-order valence-corrected chi connectivity index (χ4v) is 3.26. The summed E-state index contributed by atoms with van der Waals surface area (Å²) in [6.45, 7) is 2.28. The number of ether oxygens (including phenoxy) is 1. The first-order valence-corrected chi connectivity index (χ1v) is 7.22. The molecule has 2 aromatic rings. The molecular formula is C18H19NO2. The summed E-state index contributed by atoms with van der Waals surface area (Å²) in [5, 5.41) is 2.75. The van der Waals surface area contributed by atoms with E-state index in [-0.39, 0.29) is 0 Å². The summed E-state index contributed by atoms with van der Waals surface area (Å²) in [6.07, 6.45) is 0.644. The number of fused-ring (bicyclic) bond motifs is 1. The normalized spacial score (nSPS) is 19.9. The number of benzene rings is 2. The smallest absolute Gasteiger partial charge is 0.411 e. The van der Waals surface area contributed by atoms with Crippen LogP contribution in [0, 0.1) is 5.92 Å². The second-order valence-corrected chi connectivity index (χ2v) is 5.60. The number of amides is 1. The summed E-state index contributed by atoms with van der Waals surface area (Å²) in [5.41, 5.74) is 4.80. The molecule has 3 rings (SSSR count). The van der Waals surface area contributed by atoms with E-state index in [9.17, 15) is 4.79 Å². The highest BCUT2D eigenvalue weighted by Gasteiger charge is 2.30. The summed E-state index contributed by atoms with van der Waals surface area (Å²) < 4.78 is 4.66. The molecule has 3 heteroatoms. The van der Waals surface area contributed by atoms with Gasteiger partial charge in [-0.2, -0.15) is 0 Å². The van der Waals surface area contributed by atoms with Gasteiger partial charge in [0.1, 0.15) is 0 Å². The van der Waals surface area contributed by atoms with Crippen molar-refractivity contribution < 1.29 is 9.53 Å². The highest BCUT2D eigenvalue weighted by Crippen LogP contribution is 2.43. The largest absolute Gasteiger partial charge is 0.453 e. The number of methoxy groups -OCH3 is 1. The average Bonchev–Trinajstić information content (AvgIpc) is 2.83. The van der Waals surface area contributed by atoms with E-state index in [2.05, 4.69) is 53.4 Å². The molecule has 0 bridgehead atoms. The minimum absolute atomic E-state index is 0.389. The summed E-state index contributed by atoms with van der Waals surface area (Å²) in [5.74, 6) is 0.955. The average molecular weight is 281 g/mol. The molecule has 2 atom stereocenters. The third kappa shape index (κ3) is 2.64. The van der Waals surface area contributed by atoms with Gasteiger partial charge in [-0.1, -0.05) is 43.3 Å². The van der Waals surface area contributed by atoms with Crippen molar-refractivity contribution in [2.75, 3.05) is 12.4 Å². The Balaban J connectivity index is 1.97. The van der Waals surface area contributed by atoms with Gasteiger partial charge in [0.15, 0.2) is 0 Å². The van der Waals surface area contributed by atoms with Crippen LogP contribution in [0.5, 0.6) is 0 Å². The molecule has 0 aliphatic heterocycles. The maximum atomic E-state index is 11.4. The molecule has 0 aromatic heterocycles. The maximum Gasteiger partial charge on any atom is 0.411 e. The summed E-state index contributed by atoms with van der Waals surface area (Å²) in [6, 6.07) is 16.7. The molecule has 0 saturated carbocycles. The Morgan fingerprint density at radius 1 is 1.19 bits per heavy atom. The van der Waals surface area contributed by atoms with Crippen LogP contribution < -0.4 is 5.32 Å². The van der Waals surface area contributed by atoms with Crippen LogP contribution in [0.3, 0.4) is 0 Å². The molecule has 1 aliphatic carbocycles. The lowest BCUT2D eigenvalue weighted by molar-refractivity contribution is 0.187. The second kappa shape index (κ2) is 5.60. The standard InChI is InChI=1S/C18H19NO2/c1-12-10-14-8-9-15(19-18(20)21-2)11-16(14)17(12)13-6-4-3-5-7-13/h3-9,11-12,17H,10H2,1-2H3,(H,19,20)/t12-,17-/m0/s1. The van der Waals surface area contributed by atoms with Crippen LogP contribution in [-0.4, -0.2) is 13.2 Å². The van der Waals surface area contributed by atoms with E-state index in [0.29, 0.717) is 11.8 Å². The van der Waals surface area contributed by atoms with Crippen LogP contribution >= 0.6 is 0 Å². The van der Waals surface area contributed by atoms with E-state index in [1.165, 1.54) is 23.8 Å². The third-order valence-corrected chi connectivity index (χ3v) is 4.18. The minimum Gasteiger partial charge on any atom is -0.453 e. The Kier molecular flexibility index (Phi) is 3.65. The van der Waals surface area contributed by atoms with Crippen molar-refractivity contribution in [2.45, 2.75) is 19.3 Å². The van der Waals surface area contributed by atoms with Crippen LogP contribution in [0.15, 0.2) is 48.5 Å². The Morgan fingerprint density at radius 3 is 2.67 bits per heavy atom. The number of carbonyl (C=O) groups excluding carboxylic acids is 1. The number of hydrogen-bond acceptors (Lipinski definition) is 2. The number of rotatable bonds is 2. The van der Waals surface area contributed by atoms with Gasteiger partial charge in [-0.15, -0.1) is 0 Å². The monoisotopic (exact) mass is 281 g/mol. The van der Waals surface area contributed by atoms with Gasteiger partial charge in [0.2, 0.25) is 0 Å². The molecule has 108 valence electrons. The zero-order chi connectivity index (χ0) is 14.8. The molecule has 1 N–H and O–H groups in total. The van der Waals surface area contributed by atoms with Gasteiger partial charge in [-0.05, 0) is 41.2 Å². The topological polar surface area (TPSA) is 38.3 Å². The summed E-state index contributed by atoms with van der Waals surface area (Å²) in [7, 11) is 1.37. The molecule has 2 aromatic carbocycles. The Hall–Kier alpha value is -2.29. The molecule has 0 spiro atoms. The van der Waals surface area contributed by atoms with Gasteiger partial charge in [0.05, 0.1) is 7.11 Å². The highest BCUT2D eigenvalue weighted by atomic mass is 16.5. The molecule has 0 fully saturated rings. The van der Waals surface area contributed by atoms with Gasteiger partial charge in [0.25, 0.3) is 0 Å². The number of anilines is 1. The highest BCUT2D eigenvalue weighted by molar-refractivity contribution is 5.84. The van der Waals surface area contributed by atoms with Crippen LogP contribution in [0.1, 0.15) is 29.5 Å².